The van der Waals surface area contributed by atoms with Gasteiger partial charge in [-0.1, -0.05) is 30.3 Å². The first kappa shape index (κ1) is 15.5. The van der Waals surface area contributed by atoms with E-state index in [-0.39, 0.29) is 5.91 Å². The molecule has 1 aliphatic rings. The highest BCUT2D eigenvalue weighted by molar-refractivity contribution is 7.16. The lowest BCUT2D eigenvalue weighted by Gasteiger charge is -2.06. The second-order valence-corrected chi connectivity index (χ2v) is 7.87. The van der Waals surface area contributed by atoms with Gasteiger partial charge in [-0.2, -0.15) is 0 Å². The van der Waals surface area contributed by atoms with E-state index in [1.807, 2.05) is 23.6 Å². The zero-order valence-corrected chi connectivity index (χ0v) is 14.8. The molecule has 0 bridgehead atoms. The van der Waals surface area contributed by atoms with Crippen molar-refractivity contribution in [2.24, 2.45) is 0 Å². The summed E-state index contributed by atoms with van der Waals surface area (Å²) < 4.78 is 0. The van der Waals surface area contributed by atoms with Gasteiger partial charge in [0.15, 0.2) is 5.13 Å². The molecule has 6 heteroatoms. The summed E-state index contributed by atoms with van der Waals surface area (Å²) in [7, 11) is 0. The SMILES string of the molecule is O=C(Nc1nc2c(s1)CCCC2)c1csc(Cc2ccccc2)n1. The lowest BCUT2D eigenvalue weighted by Crippen LogP contribution is -2.12. The van der Waals surface area contributed by atoms with Crippen LogP contribution in [0.1, 0.15) is 44.5 Å². The third-order valence-electron chi connectivity index (χ3n) is 4.05. The van der Waals surface area contributed by atoms with Crippen molar-refractivity contribution in [3.63, 3.8) is 0 Å². The number of aromatic nitrogens is 2. The van der Waals surface area contributed by atoms with Crippen LogP contribution in [0, 0.1) is 0 Å². The highest BCUT2D eigenvalue weighted by Gasteiger charge is 2.18. The van der Waals surface area contributed by atoms with Gasteiger partial charge in [-0.3, -0.25) is 10.1 Å². The van der Waals surface area contributed by atoms with Gasteiger partial charge >= 0.3 is 0 Å². The van der Waals surface area contributed by atoms with E-state index in [0.29, 0.717) is 10.8 Å². The van der Waals surface area contributed by atoms with Gasteiger partial charge in [-0.15, -0.1) is 22.7 Å². The molecule has 0 unspecified atom stereocenters. The maximum Gasteiger partial charge on any atom is 0.276 e. The smallest absolute Gasteiger partial charge is 0.276 e. The Hall–Kier alpha value is -2.05. The van der Waals surface area contributed by atoms with E-state index in [9.17, 15) is 4.79 Å². The van der Waals surface area contributed by atoms with Crippen LogP contribution < -0.4 is 5.32 Å². The number of benzene rings is 1. The van der Waals surface area contributed by atoms with Gasteiger partial charge < -0.3 is 0 Å². The van der Waals surface area contributed by atoms with Crippen LogP contribution in [0.3, 0.4) is 0 Å². The molecule has 4 rings (SSSR count). The van der Waals surface area contributed by atoms with E-state index in [2.05, 4.69) is 27.4 Å². The topological polar surface area (TPSA) is 54.9 Å². The van der Waals surface area contributed by atoms with Crippen LogP contribution in [0.2, 0.25) is 0 Å². The zero-order chi connectivity index (χ0) is 16.4. The van der Waals surface area contributed by atoms with Crippen LogP contribution in [-0.4, -0.2) is 15.9 Å². The summed E-state index contributed by atoms with van der Waals surface area (Å²) in [5.74, 6) is -0.170. The summed E-state index contributed by atoms with van der Waals surface area (Å²) in [6, 6.07) is 10.2. The van der Waals surface area contributed by atoms with E-state index in [1.165, 1.54) is 34.6 Å². The predicted octanol–water partition coefficient (Wildman–Crippen LogP) is 4.32. The summed E-state index contributed by atoms with van der Waals surface area (Å²) in [6.45, 7) is 0. The Morgan fingerprint density at radius 3 is 2.79 bits per heavy atom. The van der Waals surface area contributed by atoms with Crippen molar-refractivity contribution in [3.05, 3.63) is 62.5 Å². The molecular formula is C18H17N3OS2. The normalized spacial score (nSPS) is 13.5. The number of thiazole rings is 2. The lowest BCUT2D eigenvalue weighted by atomic mass is 10.0. The van der Waals surface area contributed by atoms with Gasteiger partial charge in [0.05, 0.1) is 10.7 Å². The molecule has 24 heavy (non-hydrogen) atoms. The summed E-state index contributed by atoms with van der Waals surface area (Å²) in [6.07, 6.45) is 5.28. The molecule has 122 valence electrons. The summed E-state index contributed by atoms with van der Waals surface area (Å²) in [4.78, 5) is 22.7. The van der Waals surface area contributed by atoms with Gasteiger partial charge in [0.25, 0.3) is 5.91 Å². The Bertz CT molecular complexity index is 831. The third-order valence-corrected chi connectivity index (χ3v) is 5.97. The highest BCUT2D eigenvalue weighted by atomic mass is 32.1. The van der Waals surface area contributed by atoms with E-state index in [0.717, 1.165) is 30.0 Å². The average molecular weight is 355 g/mol. The summed E-state index contributed by atoms with van der Waals surface area (Å²) >= 11 is 3.12. The number of fused-ring (bicyclic) bond motifs is 1. The maximum atomic E-state index is 12.4. The van der Waals surface area contributed by atoms with Crippen LogP contribution in [-0.2, 0) is 19.3 Å². The minimum Gasteiger partial charge on any atom is -0.296 e. The molecule has 0 radical (unpaired) electrons. The molecule has 2 heterocycles. The Morgan fingerprint density at radius 1 is 1.12 bits per heavy atom. The van der Waals surface area contributed by atoms with Gasteiger partial charge in [0.1, 0.15) is 5.69 Å². The standard InChI is InChI=1S/C18H17N3OS2/c22-17(21-18-20-13-8-4-5-9-15(13)24-18)14-11-23-16(19-14)10-12-6-2-1-3-7-12/h1-3,6-7,11H,4-5,8-10H2,(H,20,21,22). The van der Waals surface area contributed by atoms with Crippen molar-refractivity contribution < 1.29 is 4.79 Å². The fraction of sp³-hybridized carbons (Fsp3) is 0.278. The number of hydrogen-bond acceptors (Lipinski definition) is 5. The number of nitrogens with one attached hydrogen (secondary N) is 1. The molecule has 0 aliphatic heterocycles. The van der Waals surface area contributed by atoms with Crippen molar-refractivity contribution in [1.82, 2.24) is 9.97 Å². The number of carbonyl (C=O) groups is 1. The van der Waals surface area contributed by atoms with E-state index in [4.69, 9.17) is 0 Å². The zero-order valence-electron chi connectivity index (χ0n) is 13.1. The van der Waals surface area contributed by atoms with Crippen molar-refractivity contribution in [3.8, 4) is 0 Å². The number of anilines is 1. The minimum absolute atomic E-state index is 0.170. The quantitative estimate of drug-likeness (QED) is 0.758. The molecule has 1 N–H and O–H groups in total. The number of amides is 1. The first-order valence-corrected chi connectivity index (χ1v) is 9.76. The van der Waals surface area contributed by atoms with Crippen LogP contribution >= 0.6 is 22.7 Å². The Kier molecular flexibility index (Phi) is 4.40. The molecule has 1 aliphatic carbocycles. The molecule has 1 amide bonds. The monoisotopic (exact) mass is 355 g/mol. The Labute approximate surface area is 148 Å². The largest absolute Gasteiger partial charge is 0.296 e. The fourth-order valence-electron chi connectivity index (χ4n) is 2.83. The molecule has 0 atom stereocenters. The van der Waals surface area contributed by atoms with Gasteiger partial charge in [-0.05, 0) is 31.2 Å². The molecule has 0 fully saturated rings. The molecule has 0 saturated carbocycles. The number of aryl methyl sites for hydroxylation is 2. The number of carbonyl (C=O) groups excluding carboxylic acids is 1. The molecule has 2 aromatic heterocycles. The van der Waals surface area contributed by atoms with Crippen molar-refractivity contribution >= 4 is 33.7 Å². The van der Waals surface area contributed by atoms with Crippen LogP contribution in [0.15, 0.2) is 35.7 Å². The molecule has 0 saturated heterocycles. The van der Waals surface area contributed by atoms with Crippen molar-refractivity contribution in [2.45, 2.75) is 32.1 Å². The predicted molar refractivity (Wildman–Crippen MR) is 98.1 cm³/mol. The lowest BCUT2D eigenvalue weighted by molar-refractivity contribution is 0.102. The van der Waals surface area contributed by atoms with Gasteiger partial charge in [0.2, 0.25) is 0 Å². The minimum atomic E-state index is -0.170. The number of nitrogens with zero attached hydrogens (tertiary/aromatic N) is 2. The average Bonchev–Trinajstić information content (AvgIpc) is 3.22. The summed E-state index contributed by atoms with van der Waals surface area (Å²) in [5.41, 5.74) is 2.83. The number of rotatable bonds is 4. The third kappa shape index (κ3) is 3.39. The molecule has 3 aromatic rings. The molecule has 0 spiro atoms. The second kappa shape index (κ2) is 6.83. The number of hydrogen-bond donors (Lipinski definition) is 1. The second-order valence-electron chi connectivity index (χ2n) is 5.84. The first-order valence-electron chi connectivity index (χ1n) is 8.06. The van der Waals surface area contributed by atoms with E-state index >= 15 is 0 Å². The van der Waals surface area contributed by atoms with Crippen LogP contribution in [0.25, 0.3) is 0 Å². The van der Waals surface area contributed by atoms with E-state index in [1.54, 1.807) is 11.3 Å². The Morgan fingerprint density at radius 2 is 1.96 bits per heavy atom. The Balaban J connectivity index is 1.44. The van der Waals surface area contributed by atoms with E-state index < -0.39 is 0 Å². The van der Waals surface area contributed by atoms with Crippen molar-refractivity contribution in [2.75, 3.05) is 5.32 Å². The van der Waals surface area contributed by atoms with Crippen LogP contribution in [0.4, 0.5) is 5.13 Å². The maximum absolute atomic E-state index is 12.4. The molecule has 1 aromatic carbocycles. The van der Waals surface area contributed by atoms with Gasteiger partial charge in [-0.25, -0.2) is 9.97 Å². The molecular weight excluding hydrogens is 338 g/mol. The van der Waals surface area contributed by atoms with Crippen molar-refractivity contribution in [1.29, 1.82) is 0 Å². The highest BCUT2D eigenvalue weighted by Crippen LogP contribution is 2.29. The fourth-order valence-corrected chi connectivity index (χ4v) is 4.69. The molecule has 4 nitrogen and oxygen atoms in total. The van der Waals surface area contributed by atoms with Crippen LogP contribution in [0.5, 0.6) is 0 Å². The summed E-state index contributed by atoms with van der Waals surface area (Å²) in [5, 5.41) is 6.37. The first-order chi connectivity index (χ1) is 11.8. The van der Waals surface area contributed by atoms with Gasteiger partial charge in [0, 0.05) is 16.7 Å².